The summed E-state index contributed by atoms with van der Waals surface area (Å²) >= 11 is 0. The number of methoxy groups -OCH3 is 1. The van der Waals surface area contributed by atoms with E-state index >= 15 is 0 Å². The minimum atomic E-state index is -0.574. The second-order valence-electron chi connectivity index (χ2n) is 8.10. The number of carbonyl (C=O) groups excluding carboxylic acids is 1. The lowest BCUT2D eigenvalue weighted by atomic mass is 9.85. The predicted octanol–water partition coefficient (Wildman–Crippen LogP) is 3.42. The maximum absolute atomic E-state index is 11.8. The Morgan fingerprint density at radius 3 is 2.70 bits per heavy atom. The van der Waals surface area contributed by atoms with Gasteiger partial charge >= 0.3 is 0 Å². The Hall–Kier alpha value is -1.47. The summed E-state index contributed by atoms with van der Waals surface area (Å²) in [6.07, 6.45) is 9.11. The van der Waals surface area contributed by atoms with E-state index in [9.17, 15) is 9.90 Å². The molecule has 0 heterocycles. The number of ether oxygens (including phenoxy) is 3. The van der Waals surface area contributed by atoms with Gasteiger partial charge in [0.25, 0.3) is 0 Å². The lowest BCUT2D eigenvalue weighted by Crippen LogP contribution is -2.29. The van der Waals surface area contributed by atoms with Gasteiger partial charge in [-0.1, -0.05) is 56.4 Å². The second kappa shape index (κ2) is 15.3. The molecule has 170 valence electrons. The van der Waals surface area contributed by atoms with Crippen LogP contribution >= 0.6 is 0 Å². The van der Waals surface area contributed by atoms with Crippen molar-refractivity contribution in [1.82, 2.24) is 5.32 Å². The van der Waals surface area contributed by atoms with Crippen LogP contribution in [-0.4, -0.2) is 57.7 Å². The molecule has 1 saturated carbocycles. The van der Waals surface area contributed by atoms with Gasteiger partial charge in [-0.3, -0.25) is 4.79 Å². The van der Waals surface area contributed by atoms with Crippen LogP contribution in [0.1, 0.15) is 62.2 Å². The molecule has 0 bridgehead atoms. The Morgan fingerprint density at radius 2 is 1.90 bits per heavy atom. The standard InChI is InChI=1S/C24H39NO5/c1-28-14-15-29-16-17-30-19-24(27)25-13-12-23(26)22-9-5-8-21(18-22)11-10-20-6-3-2-4-7-20/h5,8-9,18,20,23,26H,2-4,6-7,10-17,19H2,1H3,(H,25,27). The van der Waals surface area contributed by atoms with Crippen LogP contribution in [0.2, 0.25) is 0 Å². The summed E-state index contributed by atoms with van der Waals surface area (Å²) in [7, 11) is 1.62. The van der Waals surface area contributed by atoms with Gasteiger partial charge in [-0.05, 0) is 36.3 Å². The van der Waals surface area contributed by atoms with Gasteiger partial charge in [-0.2, -0.15) is 0 Å². The van der Waals surface area contributed by atoms with E-state index < -0.39 is 6.10 Å². The third-order valence-electron chi connectivity index (χ3n) is 5.68. The van der Waals surface area contributed by atoms with E-state index in [0.717, 1.165) is 17.9 Å². The van der Waals surface area contributed by atoms with Crippen LogP contribution in [0.15, 0.2) is 24.3 Å². The monoisotopic (exact) mass is 421 g/mol. The molecule has 2 rings (SSSR count). The van der Waals surface area contributed by atoms with Gasteiger partial charge in [0, 0.05) is 13.7 Å². The largest absolute Gasteiger partial charge is 0.388 e. The lowest BCUT2D eigenvalue weighted by Gasteiger charge is -2.21. The molecular weight excluding hydrogens is 382 g/mol. The van der Waals surface area contributed by atoms with Crippen LogP contribution in [0.4, 0.5) is 0 Å². The van der Waals surface area contributed by atoms with Gasteiger partial charge in [0.05, 0.1) is 32.5 Å². The van der Waals surface area contributed by atoms with Crippen LogP contribution in [0.5, 0.6) is 0 Å². The maximum atomic E-state index is 11.8. The zero-order chi connectivity index (χ0) is 21.4. The molecule has 1 aromatic rings. The van der Waals surface area contributed by atoms with E-state index in [1.165, 1.54) is 44.1 Å². The highest BCUT2D eigenvalue weighted by Gasteiger charge is 2.14. The van der Waals surface area contributed by atoms with E-state index in [-0.39, 0.29) is 12.5 Å². The number of aliphatic hydroxyl groups is 1. The Labute approximate surface area is 181 Å². The fourth-order valence-electron chi connectivity index (χ4n) is 3.90. The van der Waals surface area contributed by atoms with Gasteiger partial charge in [0.15, 0.2) is 0 Å². The van der Waals surface area contributed by atoms with Crippen molar-refractivity contribution >= 4 is 5.91 Å². The van der Waals surface area contributed by atoms with E-state index in [1.54, 1.807) is 7.11 Å². The molecule has 1 unspecified atom stereocenters. The van der Waals surface area contributed by atoms with E-state index in [0.29, 0.717) is 39.4 Å². The van der Waals surface area contributed by atoms with Crippen LogP contribution < -0.4 is 5.32 Å². The van der Waals surface area contributed by atoms with Crippen molar-refractivity contribution in [3.05, 3.63) is 35.4 Å². The molecule has 1 amide bonds. The topological polar surface area (TPSA) is 77.0 Å². The molecule has 1 aliphatic rings. The van der Waals surface area contributed by atoms with Gasteiger partial charge in [0.2, 0.25) is 5.91 Å². The van der Waals surface area contributed by atoms with Gasteiger partial charge < -0.3 is 24.6 Å². The SMILES string of the molecule is COCCOCCOCC(=O)NCCC(O)c1cccc(CCC2CCCCC2)c1. The number of aliphatic hydroxyl groups excluding tert-OH is 1. The minimum Gasteiger partial charge on any atom is -0.388 e. The van der Waals surface area contributed by atoms with Crippen molar-refractivity contribution in [2.75, 3.05) is 46.7 Å². The van der Waals surface area contributed by atoms with E-state index in [4.69, 9.17) is 14.2 Å². The normalized spacial score (nSPS) is 15.8. The molecule has 6 nitrogen and oxygen atoms in total. The first-order valence-electron chi connectivity index (χ1n) is 11.4. The maximum Gasteiger partial charge on any atom is 0.246 e. The van der Waals surface area contributed by atoms with E-state index in [1.807, 2.05) is 12.1 Å². The number of hydrogen-bond donors (Lipinski definition) is 2. The van der Waals surface area contributed by atoms with Crippen LogP contribution in [0.25, 0.3) is 0 Å². The number of amides is 1. The summed E-state index contributed by atoms with van der Waals surface area (Å²) in [5, 5.41) is 13.3. The zero-order valence-corrected chi connectivity index (χ0v) is 18.4. The van der Waals surface area contributed by atoms with Crippen molar-refractivity contribution in [2.45, 2.75) is 57.5 Å². The number of aryl methyl sites for hydroxylation is 1. The van der Waals surface area contributed by atoms with Crippen molar-refractivity contribution in [3.8, 4) is 0 Å². The zero-order valence-electron chi connectivity index (χ0n) is 18.4. The Morgan fingerprint density at radius 1 is 1.13 bits per heavy atom. The molecule has 0 aliphatic heterocycles. The average Bonchev–Trinajstić information content (AvgIpc) is 2.78. The highest BCUT2D eigenvalue weighted by atomic mass is 16.5. The molecule has 30 heavy (non-hydrogen) atoms. The number of nitrogens with one attached hydrogen (secondary N) is 1. The second-order valence-corrected chi connectivity index (χ2v) is 8.10. The molecule has 1 aliphatic carbocycles. The fraction of sp³-hybridized carbons (Fsp3) is 0.708. The summed E-state index contributed by atoms with van der Waals surface area (Å²) in [4.78, 5) is 11.8. The first-order valence-corrected chi connectivity index (χ1v) is 11.4. The van der Waals surface area contributed by atoms with Crippen molar-refractivity contribution < 1.29 is 24.1 Å². The molecule has 1 aromatic carbocycles. The predicted molar refractivity (Wildman–Crippen MR) is 117 cm³/mol. The smallest absolute Gasteiger partial charge is 0.246 e. The molecule has 1 fully saturated rings. The number of hydrogen-bond acceptors (Lipinski definition) is 5. The van der Waals surface area contributed by atoms with Crippen LogP contribution in [-0.2, 0) is 25.4 Å². The summed E-state index contributed by atoms with van der Waals surface area (Å²) in [5.41, 5.74) is 2.22. The molecule has 0 aromatic heterocycles. The summed E-state index contributed by atoms with van der Waals surface area (Å²) < 4.78 is 15.4. The lowest BCUT2D eigenvalue weighted by molar-refractivity contribution is -0.126. The van der Waals surface area contributed by atoms with E-state index in [2.05, 4.69) is 17.4 Å². The Kier molecular flexibility index (Phi) is 12.7. The number of benzene rings is 1. The minimum absolute atomic E-state index is 0.000382. The summed E-state index contributed by atoms with van der Waals surface area (Å²) in [6.45, 7) is 2.29. The average molecular weight is 422 g/mol. The first-order chi connectivity index (χ1) is 14.7. The summed E-state index contributed by atoms with van der Waals surface area (Å²) in [6, 6.07) is 8.25. The Balaban J connectivity index is 1.58. The molecule has 0 saturated heterocycles. The van der Waals surface area contributed by atoms with Crippen molar-refractivity contribution in [3.63, 3.8) is 0 Å². The van der Waals surface area contributed by atoms with Crippen molar-refractivity contribution in [2.24, 2.45) is 5.92 Å². The van der Waals surface area contributed by atoms with Gasteiger partial charge in [0.1, 0.15) is 6.61 Å². The molecule has 0 radical (unpaired) electrons. The number of carbonyl (C=O) groups is 1. The molecule has 6 heteroatoms. The number of rotatable bonds is 15. The van der Waals surface area contributed by atoms with Gasteiger partial charge in [-0.25, -0.2) is 0 Å². The first kappa shape index (κ1) is 24.8. The molecule has 0 spiro atoms. The fourth-order valence-corrected chi connectivity index (χ4v) is 3.90. The van der Waals surface area contributed by atoms with Gasteiger partial charge in [-0.15, -0.1) is 0 Å². The molecular formula is C24H39NO5. The summed E-state index contributed by atoms with van der Waals surface area (Å²) in [5.74, 6) is 0.682. The highest BCUT2D eigenvalue weighted by molar-refractivity contribution is 5.77. The third kappa shape index (κ3) is 10.5. The quantitative estimate of drug-likeness (QED) is 0.424. The third-order valence-corrected chi connectivity index (χ3v) is 5.68. The van der Waals surface area contributed by atoms with Crippen LogP contribution in [0.3, 0.4) is 0 Å². The molecule has 2 N–H and O–H groups in total. The van der Waals surface area contributed by atoms with Crippen molar-refractivity contribution in [1.29, 1.82) is 0 Å². The molecule has 1 atom stereocenters. The van der Waals surface area contributed by atoms with Crippen LogP contribution in [0, 0.1) is 5.92 Å². The Bertz CT molecular complexity index is 589. The highest BCUT2D eigenvalue weighted by Crippen LogP contribution is 2.28.